The number of rotatable bonds is 3. The van der Waals surface area contributed by atoms with Crippen molar-refractivity contribution in [3.8, 4) is 0 Å². The van der Waals surface area contributed by atoms with Gasteiger partial charge in [-0.25, -0.2) is 8.78 Å². The predicted octanol–water partition coefficient (Wildman–Crippen LogP) is 5.25. The maximum atomic E-state index is 13.0. The molecule has 0 aliphatic carbocycles. The summed E-state index contributed by atoms with van der Waals surface area (Å²) in [6.45, 7) is 0.0275. The Balaban J connectivity index is 2.13. The highest BCUT2D eigenvalue weighted by Gasteiger charge is 2.30. The van der Waals surface area contributed by atoms with Gasteiger partial charge in [-0.15, -0.1) is 0 Å². The second-order valence-corrected chi connectivity index (χ2v) is 4.73. The summed E-state index contributed by atoms with van der Waals surface area (Å²) in [5, 5.41) is 2.61. The molecule has 2 aromatic carbocycles. The second-order valence-electron chi connectivity index (χ2n) is 4.32. The van der Waals surface area contributed by atoms with Crippen molar-refractivity contribution in [2.24, 2.45) is 0 Å². The minimum absolute atomic E-state index is 0.0275. The lowest BCUT2D eigenvalue weighted by Crippen LogP contribution is -2.06. The lowest BCUT2D eigenvalue weighted by molar-refractivity contribution is -0.137. The SMILES string of the molecule is Fc1cc(F)cc(CNc2ccc(C(F)(F)F)cc2Cl)c1. The van der Waals surface area contributed by atoms with Crippen LogP contribution in [0.2, 0.25) is 5.02 Å². The molecule has 2 aromatic rings. The first-order chi connectivity index (χ1) is 9.75. The Hall–Kier alpha value is -1.82. The molecule has 0 amide bonds. The van der Waals surface area contributed by atoms with Crippen LogP contribution in [0.5, 0.6) is 0 Å². The molecule has 0 fully saturated rings. The van der Waals surface area contributed by atoms with Crippen molar-refractivity contribution in [1.82, 2.24) is 0 Å². The molecular formula is C14H9ClF5N. The molecule has 7 heteroatoms. The summed E-state index contributed by atoms with van der Waals surface area (Å²) in [5.74, 6) is -1.46. The van der Waals surface area contributed by atoms with Gasteiger partial charge in [-0.05, 0) is 35.9 Å². The van der Waals surface area contributed by atoms with Crippen LogP contribution < -0.4 is 5.32 Å². The second kappa shape index (κ2) is 5.89. The summed E-state index contributed by atoms with van der Waals surface area (Å²) in [6, 6.07) is 5.80. The minimum atomic E-state index is -4.48. The van der Waals surface area contributed by atoms with Gasteiger partial charge >= 0.3 is 6.18 Å². The molecule has 0 saturated carbocycles. The Bertz CT molecular complexity index is 634. The maximum absolute atomic E-state index is 13.0. The Morgan fingerprint density at radius 3 is 2.10 bits per heavy atom. The molecule has 1 nitrogen and oxygen atoms in total. The highest BCUT2D eigenvalue weighted by molar-refractivity contribution is 6.33. The largest absolute Gasteiger partial charge is 0.416 e. The van der Waals surface area contributed by atoms with E-state index in [0.717, 1.165) is 30.3 Å². The van der Waals surface area contributed by atoms with Gasteiger partial charge in [0.2, 0.25) is 0 Å². The van der Waals surface area contributed by atoms with E-state index < -0.39 is 23.4 Å². The molecule has 0 aliphatic rings. The van der Waals surface area contributed by atoms with Crippen molar-refractivity contribution in [3.63, 3.8) is 0 Å². The van der Waals surface area contributed by atoms with Crippen molar-refractivity contribution in [3.05, 3.63) is 64.2 Å². The van der Waals surface area contributed by atoms with Crippen LogP contribution in [0.4, 0.5) is 27.6 Å². The summed E-state index contributed by atoms with van der Waals surface area (Å²) in [4.78, 5) is 0. The number of halogens is 6. The third-order valence-corrected chi connectivity index (χ3v) is 3.01. The van der Waals surface area contributed by atoms with E-state index in [-0.39, 0.29) is 17.3 Å². The number of hydrogen-bond donors (Lipinski definition) is 1. The van der Waals surface area contributed by atoms with E-state index in [1.54, 1.807) is 0 Å². The van der Waals surface area contributed by atoms with Crippen LogP contribution in [0.15, 0.2) is 36.4 Å². The number of benzene rings is 2. The zero-order valence-corrected chi connectivity index (χ0v) is 11.2. The van der Waals surface area contributed by atoms with E-state index in [9.17, 15) is 22.0 Å². The van der Waals surface area contributed by atoms with Gasteiger partial charge in [-0.1, -0.05) is 11.6 Å². The quantitative estimate of drug-likeness (QED) is 0.761. The lowest BCUT2D eigenvalue weighted by Gasteiger charge is -2.12. The Kier molecular flexibility index (Phi) is 4.37. The molecule has 0 spiro atoms. The fourth-order valence-corrected chi connectivity index (χ4v) is 1.99. The molecule has 0 heterocycles. The van der Waals surface area contributed by atoms with Gasteiger partial charge in [-0.2, -0.15) is 13.2 Å². The highest BCUT2D eigenvalue weighted by Crippen LogP contribution is 2.33. The maximum Gasteiger partial charge on any atom is 0.416 e. The van der Waals surface area contributed by atoms with Crippen LogP contribution in [0.25, 0.3) is 0 Å². The van der Waals surface area contributed by atoms with Crippen LogP contribution >= 0.6 is 11.6 Å². The van der Waals surface area contributed by atoms with Crippen molar-refractivity contribution in [1.29, 1.82) is 0 Å². The van der Waals surface area contributed by atoms with Gasteiger partial charge in [0.1, 0.15) is 11.6 Å². The Morgan fingerprint density at radius 1 is 0.952 bits per heavy atom. The Morgan fingerprint density at radius 2 is 1.57 bits per heavy atom. The van der Waals surface area contributed by atoms with Crippen LogP contribution in [0.3, 0.4) is 0 Å². The fourth-order valence-electron chi connectivity index (χ4n) is 1.75. The van der Waals surface area contributed by atoms with Crippen molar-refractivity contribution in [2.75, 3.05) is 5.32 Å². The smallest absolute Gasteiger partial charge is 0.380 e. The molecule has 0 unspecified atom stereocenters. The molecule has 0 aromatic heterocycles. The van der Waals surface area contributed by atoms with E-state index >= 15 is 0 Å². The van der Waals surface area contributed by atoms with Gasteiger partial charge in [0.15, 0.2) is 0 Å². The molecule has 21 heavy (non-hydrogen) atoms. The van der Waals surface area contributed by atoms with Crippen molar-refractivity contribution >= 4 is 17.3 Å². The van der Waals surface area contributed by atoms with E-state index in [4.69, 9.17) is 11.6 Å². The van der Waals surface area contributed by atoms with E-state index in [2.05, 4.69) is 5.32 Å². The average Bonchev–Trinajstić information content (AvgIpc) is 2.35. The van der Waals surface area contributed by atoms with Gasteiger partial charge in [0.05, 0.1) is 16.3 Å². The third-order valence-electron chi connectivity index (χ3n) is 2.70. The van der Waals surface area contributed by atoms with Gasteiger partial charge in [0, 0.05) is 12.6 Å². The summed E-state index contributed by atoms with van der Waals surface area (Å²) in [6.07, 6.45) is -4.48. The summed E-state index contributed by atoms with van der Waals surface area (Å²) in [7, 11) is 0. The topological polar surface area (TPSA) is 12.0 Å². The number of nitrogens with one attached hydrogen (secondary N) is 1. The highest BCUT2D eigenvalue weighted by atomic mass is 35.5. The normalized spacial score (nSPS) is 11.5. The van der Waals surface area contributed by atoms with Crippen LogP contribution in [0, 0.1) is 11.6 Å². The third kappa shape index (κ3) is 4.07. The molecule has 1 N–H and O–H groups in total. The number of alkyl halides is 3. The van der Waals surface area contributed by atoms with Crippen LogP contribution in [-0.2, 0) is 12.7 Å². The summed E-state index contributed by atoms with van der Waals surface area (Å²) < 4.78 is 63.4. The molecule has 112 valence electrons. The Labute approximate surface area is 122 Å². The monoisotopic (exact) mass is 321 g/mol. The first kappa shape index (κ1) is 15.6. The van der Waals surface area contributed by atoms with E-state index in [0.29, 0.717) is 5.56 Å². The van der Waals surface area contributed by atoms with Crippen LogP contribution in [-0.4, -0.2) is 0 Å². The zero-order chi connectivity index (χ0) is 15.6. The minimum Gasteiger partial charge on any atom is -0.380 e. The van der Waals surface area contributed by atoms with Crippen LogP contribution in [0.1, 0.15) is 11.1 Å². The van der Waals surface area contributed by atoms with Gasteiger partial charge < -0.3 is 5.32 Å². The lowest BCUT2D eigenvalue weighted by atomic mass is 10.1. The predicted molar refractivity (Wildman–Crippen MR) is 70.1 cm³/mol. The van der Waals surface area contributed by atoms with Gasteiger partial charge in [-0.3, -0.25) is 0 Å². The molecule has 0 bridgehead atoms. The average molecular weight is 322 g/mol. The number of anilines is 1. The standard InChI is InChI=1S/C14H9ClF5N/c15-12-5-9(14(18,19)20)1-2-13(12)21-7-8-3-10(16)6-11(17)4-8/h1-6,21H,7H2. The molecule has 0 aliphatic heterocycles. The van der Waals surface area contributed by atoms with Gasteiger partial charge in [0.25, 0.3) is 0 Å². The molecule has 2 rings (SSSR count). The molecular weight excluding hydrogens is 313 g/mol. The van der Waals surface area contributed by atoms with E-state index in [1.165, 1.54) is 6.07 Å². The zero-order valence-electron chi connectivity index (χ0n) is 10.4. The van der Waals surface area contributed by atoms with E-state index in [1.807, 2.05) is 0 Å². The van der Waals surface area contributed by atoms with Crippen molar-refractivity contribution < 1.29 is 22.0 Å². The number of hydrogen-bond acceptors (Lipinski definition) is 1. The molecule has 0 atom stereocenters. The molecule has 0 saturated heterocycles. The first-order valence-corrected chi connectivity index (χ1v) is 6.19. The summed E-state index contributed by atoms with van der Waals surface area (Å²) >= 11 is 5.75. The molecule has 0 radical (unpaired) electrons. The van der Waals surface area contributed by atoms with Crippen molar-refractivity contribution in [2.45, 2.75) is 12.7 Å². The summed E-state index contributed by atoms with van der Waals surface area (Å²) in [5.41, 5.74) is -0.312. The first-order valence-electron chi connectivity index (χ1n) is 5.81. The fraction of sp³-hybridized carbons (Fsp3) is 0.143.